The van der Waals surface area contributed by atoms with Gasteiger partial charge < -0.3 is 10.1 Å². The minimum Gasteiger partial charge on any atom is -0.374 e. The molecule has 0 bridgehead atoms. The molecule has 164 valence electrons. The van der Waals surface area contributed by atoms with Crippen LogP contribution in [0.3, 0.4) is 0 Å². The van der Waals surface area contributed by atoms with Gasteiger partial charge in [-0.25, -0.2) is 13.8 Å². The number of H-pyrrole nitrogens is 1. The van der Waals surface area contributed by atoms with Crippen LogP contribution in [0.1, 0.15) is 5.56 Å². The van der Waals surface area contributed by atoms with E-state index in [4.69, 9.17) is 4.74 Å². The zero-order valence-corrected chi connectivity index (χ0v) is 17.9. The average molecular weight is 468 g/mol. The molecule has 0 spiro atoms. The Kier molecular flexibility index (Phi) is 7.17. The van der Waals surface area contributed by atoms with Crippen molar-refractivity contribution in [2.24, 2.45) is 0 Å². The van der Waals surface area contributed by atoms with E-state index in [0.29, 0.717) is 49.9 Å². The number of aromatic nitrogens is 5. The van der Waals surface area contributed by atoms with Gasteiger partial charge >= 0.3 is 0 Å². The second-order valence-corrected chi connectivity index (χ2v) is 8.88. The number of benzene rings is 1. The molecule has 1 fully saturated rings. The lowest BCUT2D eigenvalue weighted by Crippen LogP contribution is -2.47. The maximum Gasteiger partial charge on any atom is 0.230 e. The average Bonchev–Trinajstić information content (AvgIpc) is 3.45. The lowest BCUT2D eigenvalue weighted by Gasteiger charge is -2.33. The van der Waals surface area contributed by atoms with Crippen LogP contribution in [-0.2, 0) is 16.1 Å². The van der Waals surface area contributed by atoms with Crippen molar-refractivity contribution in [3.05, 3.63) is 40.8 Å². The van der Waals surface area contributed by atoms with E-state index in [1.165, 1.54) is 29.2 Å². The molecule has 0 unspecified atom stereocenters. The number of nitrogens with zero attached hydrogens (tertiary/aromatic N) is 5. The molecule has 3 heterocycles. The topological polar surface area (TPSA) is 109 Å². The van der Waals surface area contributed by atoms with E-state index < -0.39 is 11.6 Å². The maximum absolute atomic E-state index is 13.4. The molecular formula is C18H19F2N7O2S2. The molecule has 0 aliphatic carbocycles. The molecule has 4 rings (SSSR count). The Bertz CT molecular complexity index is 1020. The summed E-state index contributed by atoms with van der Waals surface area (Å²) < 4.78 is 32.9. The van der Waals surface area contributed by atoms with Gasteiger partial charge in [0.15, 0.2) is 16.0 Å². The van der Waals surface area contributed by atoms with E-state index in [1.807, 2.05) is 5.38 Å². The van der Waals surface area contributed by atoms with Crippen molar-refractivity contribution in [3.63, 3.8) is 0 Å². The van der Waals surface area contributed by atoms with E-state index in [2.05, 4.69) is 35.8 Å². The molecule has 1 atom stereocenters. The Hall–Kier alpha value is -2.48. The number of rotatable bonds is 8. The summed E-state index contributed by atoms with van der Waals surface area (Å²) in [7, 11) is 0. The number of halogens is 2. The number of hydrogen-bond donors (Lipinski definition) is 2. The molecular weight excluding hydrogens is 448 g/mol. The number of thiazole rings is 1. The van der Waals surface area contributed by atoms with Crippen LogP contribution in [0.2, 0.25) is 0 Å². The predicted octanol–water partition coefficient (Wildman–Crippen LogP) is 1.71. The Labute approximate surface area is 184 Å². The first-order valence-electron chi connectivity index (χ1n) is 9.43. The maximum atomic E-state index is 13.4. The summed E-state index contributed by atoms with van der Waals surface area (Å²) in [6.45, 7) is 2.66. The van der Waals surface area contributed by atoms with Gasteiger partial charge in [0.25, 0.3) is 0 Å². The van der Waals surface area contributed by atoms with Crippen molar-refractivity contribution in [1.29, 1.82) is 0 Å². The fourth-order valence-corrected chi connectivity index (χ4v) is 4.68. The quantitative estimate of drug-likeness (QED) is 0.482. The van der Waals surface area contributed by atoms with Gasteiger partial charge in [-0.3, -0.25) is 9.69 Å². The molecule has 2 N–H and O–H groups in total. The third-order valence-electron chi connectivity index (χ3n) is 4.52. The van der Waals surface area contributed by atoms with Crippen LogP contribution in [-0.4, -0.2) is 74.5 Å². The minimum absolute atomic E-state index is 0.123. The number of carbonyl (C=O) groups excluding carboxylic acids is 1. The van der Waals surface area contributed by atoms with E-state index in [-0.39, 0.29) is 17.8 Å². The third-order valence-corrected chi connectivity index (χ3v) is 6.55. The molecule has 2 aromatic heterocycles. The smallest absolute Gasteiger partial charge is 0.230 e. The van der Waals surface area contributed by atoms with Crippen molar-refractivity contribution >= 4 is 29.0 Å². The third kappa shape index (κ3) is 6.03. The fourth-order valence-electron chi connectivity index (χ4n) is 3.05. The van der Waals surface area contributed by atoms with Gasteiger partial charge in [0.2, 0.25) is 11.7 Å². The van der Waals surface area contributed by atoms with Crippen LogP contribution in [0, 0.1) is 11.6 Å². The first-order chi connectivity index (χ1) is 15.1. The molecule has 1 aliphatic rings. The van der Waals surface area contributed by atoms with Crippen molar-refractivity contribution in [2.45, 2.75) is 17.0 Å². The normalized spacial score (nSPS) is 17.0. The number of ether oxygens (including phenoxy) is 1. The summed E-state index contributed by atoms with van der Waals surface area (Å²) in [4.78, 5) is 18.7. The molecule has 0 saturated carbocycles. The van der Waals surface area contributed by atoms with E-state index in [1.54, 1.807) is 6.07 Å². The number of amides is 1. The Morgan fingerprint density at radius 1 is 1.39 bits per heavy atom. The fraction of sp³-hybridized carbons (Fsp3) is 0.389. The van der Waals surface area contributed by atoms with Gasteiger partial charge in [0.05, 0.1) is 18.5 Å². The van der Waals surface area contributed by atoms with Gasteiger partial charge in [-0.05, 0) is 22.9 Å². The minimum atomic E-state index is -0.854. The van der Waals surface area contributed by atoms with E-state index in [0.717, 1.165) is 10.4 Å². The van der Waals surface area contributed by atoms with Crippen LogP contribution in [0.5, 0.6) is 0 Å². The Balaban J connectivity index is 1.19. The molecule has 31 heavy (non-hydrogen) atoms. The van der Waals surface area contributed by atoms with Crippen LogP contribution >= 0.6 is 23.1 Å². The molecule has 13 heteroatoms. The van der Waals surface area contributed by atoms with Crippen LogP contribution < -0.4 is 5.32 Å². The van der Waals surface area contributed by atoms with Crippen molar-refractivity contribution in [2.75, 3.05) is 32.0 Å². The van der Waals surface area contributed by atoms with Gasteiger partial charge in [-0.2, -0.15) is 5.21 Å². The Morgan fingerprint density at radius 3 is 3.10 bits per heavy atom. The molecule has 3 aromatic rings. The highest BCUT2D eigenvalue weighted by atomic mass is 32.2. The number of aromatic amines is 1. The largest absolute Gasteiger partial charge is 0.374 e. The van der Waals surface area contributed by atoms with E-state index in [9.17, 15) is 13.6 Å². The number of morpholine rings is 1. The van der Waals surface area contributed by atoms with Gasteiger partial charge in [-0.1, -0.05) is 17.8 Å². The number of carbonyl (C=O) groups is 1. The molecule has 1 aliphatic heterocycles. The van der Waals surface area contributed by atoms with Crippen LogP contribution in [0.15, 0.2) is 27.9 Å². The molecule has 0 radical (unpaired) electrons. The highest BCUT2D eigenvalue weighted by Gasteiger charge is 2.21. The summed E-state index contributed by atoms with van der Waals surface area (Å²) in [5.74, 6) is -1.19. The van der Waals surface area contributed by atoms with Gasteiger partial charge in [-0.15, -0.1) is 21.5 Å². The number of tetrazole rings is 1. The van der Waals surface area contributed by atoms with Crippen molar-refractivity contribution in [3.8, 4) is 11.5 Å². The first-order valence-corrected chi connectivity index (χ1v) is 11.3. The van der Waals surface area contributed by atoms with Gasteiger partial charge in [0, 0.05) is 31.6 Å². The van der Waals surface area contributed by atoms with Gasteiger partial charge in [0.1, 0.15) is 5.69 Å². The summed E-state index contributed by atoms with van der Waals surface area (Å²) in [6.07, 6.45) is -0.169. The molecule has 1 aromatic carbocycles. The second-order valence-electron chi connectivity index (χ2n) is 6.80. The summed E-state index contributed by atoms with van der Waals surface area (Å²) in [6, 6.07) is 3.92. The molecule has 1 saturated heterocycles. The van der Waals surface area contributed by atoms with Crippen LogP contribution in [0.4, 0.5) is 8.78 Å². The zero-order valence-electron chi connectivity index (χ0n) is 16.3. The molecule has 9 nitrogen and oxygen atoms in total. The summed E-state index contributed by atoms with van der Waals surface area (Å²) in [5.41, 5.74) is 1.31. The highest BCUT2D eigenvalue weighted by molar-refractivity contribution is 8.01. The zero-order chi connectivity index (χ0) is 21.6. The lowest BCUT2D eigenvalue weighted by molar-refractivity contribution is -0.119. The van der Waals surface area contributed by atoms with Crippen molar-refractivity contribution in [1.82, 2.24) is 35.8 Å². The standard InChI is InChI=1S/C18H19F2N7O2S2/c19-13-2-1-11(5-14(13)20)7-27-3-4-29-12(8-27)6-21-16(28)10-31-18-22-15(9-30-18)17-23-25-26-24-17/h1-2,5,9,12H,3-4,6-8,10H2,(H,21,28)(H,23,24,25,26)/t12-/m0/s1. The van der Waals surface area contributed by atoms with Crippen LogP contribution in [0.25, 0.3) is 11.5 Å². The first kappa shape index (κ1) is 21.7. The summed E-state index contributed by atoms with van der Waals surface area (Å²) in [5, 5.41) is 18.3. The summed E-state index contributed by atoms with van der Waals surface area (Å²) >= 11 is 2.74. The lowest BCUT2D eigenvalue weighted by atomic mass is 10.1. The molecule has 1 amide bonds. The number of nitrogens with one attached hydrogen (secondary N) is 2. The monoisotopic (exact) mass is 467 g/mol. The second kappa shape index (κ2) is 10.2. The number of hydrogen-bond acceptors (Lipinski definition) is 9. The number of thioether (sulfide) groups is 1. The van der Waals surface area contributed by atoms with E-state index >= 15 is 0 Å². The Morgan fingerprint density at radius 2 is 2.29 bits per heavy atom. The predicted molar refractivity (Wildman–Crippen MR) is 110 cm³/mol. The van der Waals surface area contributed by atoms with Crippen molar-refractivity contribution < 1.29 is 18.3 Å². The SMILES string of the molecule is O=C(CSc1nc(-c2nn[nH]n2)cs1)NC[C@H]1CN(Cc2ccc(F)c(F)c2)CCO1. The highest BCUT2D eigenvalue weighted by Crippen LogP contribution is 2.26.